The zero-order valence-corrected chi connectivity index (χ0v) is 17.0. The molecule has 1 aliphatic heterocycles. The third-order valence-corrected chi connectivity index (χ3v) is 5.19. The zero-order chi connectivity index (χ0) is 18.0. The van der Waals surface area contributed by atoms with E-state index in [-0.39, 0.29) is 12.5 Å². The highest BCUT2D eigenvalue weighted by Crippen LogP contribution is 2.47. The van der Waals surface area contributed by atoms with Gasteiger partial charge in [0.05, 0.1) is 6.54 Å². The molecule has 1 aliphatic rings. The van der Waals surface area contributed by atoms with Crippen molar-refractivity contribution in [3.8, 4) is 0 Å². The molecule has 2 amide bonds. The van der Waals surface area contributed by atoms with Crippen LogP contribution in [0.4, 0.5) is 4.79 Å². The standard InChI is InChI=1S/C16H20IN3O3S/c1-11(21)20-16(24-13(17)19-20,12-8-6-5-7-9-12)10-18-14(22)23-15(2,3)4/h5-9H,10H2,1-4H3,(H,18,22). The van der Waals surface area contributed by atoms with E-state index in [1.165, 1.54) is 23.7 Å². The highest BCUT2D eigenvalue weighted by molar-refractivity contribution is 14.1. The highest BCUT2D eigenvalue weighted by Gasteiger charge is 2.47. The molecule has 0 bridgehead atoms. The number of carbonyl (C=O) groups excluding carboxylic acids is 2. The predicted octanol–water partition coefficient (Wildman–Crippen LogP) is 3.67. The van der Waals surface area contributed by atoms with Gasteiger partial charge in [-0.1, -0.05) is 42.1 Å². The molecule has 1 unspecified atom stereocenters. The van der Waals surface area contributed by atoms with Crippen molar-refractivity contribution >= 4 is 49.4 Å². The molecule has 0 fully saturated rings. The molecule has 1 aromatic rings. The van der Waals surface area contributed by atoms with E-state index in [0.717, 1.165) is 8.61 Å². The summed E-state index contributed by atoms with van der Waals surface area (Å²) in [4.78, 5) is 23.4. The Balaban J connectivity index is 2.29. The number of ether oxygens (including phenoxy) is 1. The van der Waals surface area contributed by atoms with E-state index in [0.29, 0.717) is 0 Å². The van der Waals surface area contributed by atoms with Gasteiger partial charge in [0, 0.05) is 6.92 Å². The van der Waals surface area contributed by atoms with E-state index in [4.69, 9.17) is 4.74 Å². The van der Waals surface area contributed by atoms with Gasteiger partial charge in [-0.15, -0.1) is 0 Å². The number of nitrogens with zero attached hydrogens (tertiary/aromatic N) is 2. The lowest BCUT2D eigenvalue weighted by molar-refractivity contribution is -0.132. The molecule has 1 atom stereocenters. The Morgan fingerprint density at radius 3 is 2.50 bits per heavy atom. The third kappa shape index (κ3) is 4.41. The molecule has 6 nitrogen and oxygen atoms in total. The van der Waals surface area contributed by atoms with E-state index in [9.17, 15) is 9.59 Å². The molecule has 130 valence electrons. The Morgan fingerprint density at radius 2 is 1.96 bits per heavy atom. The fourth-order valence-electron chi connectivity index (χ4n) is 2.29. The van der Waals surface area contributed by atoms with Crippen LogP contribution in [-0.2, 0) is 14.4 Å². The number of benzene rings is 1. The van der Waals surface area contributed by atoms with Gasteiger partial charge in [0.2, 0.25) is 5.91 Å². The number of halogens is 1. The number of rotatable bonds is 3. The number of thioether (sulfide) groups is 1. The molecule has 0 aromatic heterocycles. The topological polar surface area (TPSA) is 71.0 Å². The molecule has 2 rings (SSSR count). The number of amides is 2. The summed E-state index contributed by atoms with van der Waals surface area (Å²) in [6.45, 7) is 7.06. The first-order valence-corrected chi connectivity index (χ1v) is 9.30. The number of hydrogen-bond acceptors (Lipinski definition) is 5. The first-order chi connectivity index (χ1) is 11.1. The lowest BCUT2D eigenvalue weighted by Crippen LogP contribution is -2.49. The van der Waals surface area contributed by atoms with Crippen LogP contribution in [-0.4, -0.2) is 32.2 Å². The van der Waals surface area contributed by atoms with Crippen molar-refractivity contribution in [1.82, 2.24) is 10.3 Å². The Morgan fingerprint density at radius 1 is 1.33 bits per heavy atom. The van der Waals surface area contributed by atoms with Crippen LogP contribution in [0.5, 0.6) is 0 Å². The predicted molar refractivity (Wildman–Crippen MR) is 104 cm³/mol. The van der Waals surface area contributed by atoms with E-state index in [2.05, 4.69) is 33.0 Å². The van der Waals surface area contributed by atoms with Crippen molar-refractivity contribution in [3.05, 3.63) is 35.9 Å². The Bertz CT molecular complexity index is 660. The quantitative estimate of drug-likeness (QED) is 0.698. The van der Waals surface area contributed by atoms with Gasteiger partial charge < -0.3 is 10.1 Å². The van der Waals surface area contributed by atoms with E-state index < -0.39 is 16.6 Å². The summed E-state index contributed by atoms with van der Waals surface area (Å²) < 4.78 is 6.03. The smallest absolute Gasteiger partial charge is 0.407 e. The number of hydrazone groups is 1. The zero-order valence-electron chi connectivity index (χ0n) is 14.0. The van der Waals surface area contributed by atoms with Crippen LogP contribution in [0.3, 0.4) is 0 Å². The number of carbonyl (C=O) groups is 2. The van der Waals surface area contributed by atoms with Crippen LogP contribution in [0.1, 0.15) is 33.3 Å². The van der Waals surface area contributed by atoms with Crippen LogP contribution in [0, 0.1) is 0 Å². The summed E-state index contributed by atoms with van der Waals surface area (Å²) >= 11 is 3.52. The van der Waals surface area contributed by atoms with Gasteiger partial charge in [0.1, 0.15) is 5.60 Å². The van der Waals surface area contributed by atoms with Crippen LogP contribution in [0.2, 0.25) is 0 Å². The van der Waals surface area contributed by atoms with Gasteiger partial charge in [0.15, 0.2) is 7.92 Å². The summed E-state index contributed by atoms with van der Waals surface area (Å²) in [7, 11) is 0. The van der Waals surface area contributed by atoms with E-state index in [1.807, 2.05) is 30.3 Å². The van der Waals surface area contributed by atoms with Gasteiger partial charge in [0.25, 0.3) is 0 Å². The fraction of sp³-hybridized carbons (Fsp3) is 0.438. The SMILES string of the molecule is CC(=O)N1N=C(I)SC1(CNC(=O)OC(C)(C)C)c1ccccc1. The second kappa shape index (κ2) is 7.30. The molecule has 8 heteroatoms. The molecular weight excluding hydrogens is 441 g/mol. The summed E-state index contributed by atoms with van der Waals surface area (Å²) in [5.41, 5.74) is 0.300. The Labute approximate surface area is 159 Å². The number of hydrogen-bond donors (Lipinski definition) is 1. The van der Waals surface area contributed by atoms with Crippen LogP contribution >= 0.6 is 34.4 Å². The molecule has 1 N–H and O–H groups in total. The second-order valence-electron chi connectivity index (χ2n) is 6.29. The molecule has 1 heterocycles. The van der Waals surface area contributed by atoms with Gasteiger partial charge in [-0.2, -0.15) is 5.10 Å². The van der Waals surface area contributed by atoms with Crippen molar-refractivity contribution in [2.75, 3.05) is 6.54 Å². The van der Waals surface area contributed by atoms with Crippen LogP contribution in [0.25, 0.3) is 0 Å². The van der Waals surface area contributed by atoms with Crippen molar-refractivity contribution in [3.63, 3.8) is 0 Å². The molecule has 0 spiro atoms. The largest absolute Gasteiger partial charge is 0.444 e. The second-order valence-corrected chi connectivity index (χ2v) is 9.31. The number of alkyl carbamates (subject to hydrolysis) is 1. The average molecular weight is 461 g/mol. The third-order valence-electron chi connectivity index (χ3n) is 3.17. The normalized spacial score (nSPS) is 20.5. The Hall–Kier alpha value is -1.29. The van der Waals surface area contributed by atoms with Crippen molar-refractivity contribution < 1.29 is 14.3 Å². The molecule has 0 saturated carbocycles. The van der Waals surface area contributed by atoms with Crippen molar-refractivity contribution in [1.29, 1.82) is 0 Å². The summed E-state index contributed by atoms with van der Waals surface area (Å²) in [6, 6.07) is 9.54. The molecule has 0 radical (unpaired) electrons. The maximum Gasteiger partial charge on any atom is 0.407 e. The first kappa shape index (κ1) is 19.0. The molecule has 0 saturated heterocycles. The van der Waals surface area contributed by atoms with Crippen molar-refractivity contribution in [2.24, 2.45) is 5.10 Å². The maximum absolute atomic E-state index is 12.1. The first-order valence-electron chi connectivity index (χ1n) is 7.40. The van der Waals surface area contributed by atoms with Gasteiger partial charge >= 0.3 is 6.09 Å². The molecule has 0 aliphatic carbocycles. The van der Waals surface area contributed by atoms with Gasteiger partial charge in [-0.3, -0.25) is 4.79 Å². The summed E-state index contributed by atoms with van der Waals surface area (Å²) in [5.74, 6) is -0.191. The minimum Gasteiger partial charge on any atom is -0.444 e. The summed E-state index contributed by atoms with van der Waals surface area (Å²) in [6.07, 6.45) is -0.524. The van der Waals surface area contributed by atoms with Crippen molar-refractivity contribution in [2.45, 2.75) is 38.2 Å². The van der Waals surface area contributed by atoms with Crippen LogP contribution in [0.15, 0.2) is 35.4 Å². The average Bonchev–Trinajstić information content (AvgIpc) is 2.83. The molecular formula is C16H20IN3O3S. The van der Waals surface area contributed by atoms with E-state index >= 15 is 0 Å². The van der Waals surface area contributed by atoms with Gasteiger partial charge in [-0.25, -0.2) is 9.80 Å². The lowest BCUT2D eigenvalue weighted by Gasteiger charge is -2.35. The Kier molecular flexibility index (Phi) is 5.79. The molecule has 24 heavy (non-hydrogen) atoms. The lowest BCUT2D eigenvalue weighted by atomic mass is 10.1. The van der Waals surface area contributed by atoms with Gasteiger partial charge in [-0.05, 0) is 48.9 Å². The maximum atomic E-state index is 12.1. The molecule has 1 aromatic carbocycles. The van der Waals surface area contributed by atoms with E-state index in [1.54, 1.807) is 20.8 Å². The minimum atomic E-state index is -0.819. The minimum absolute atomic E-state index is 0.187. The highest BCUT2D eigenvalue weighted by atomic mass is 127. The number of nitrogens with one attached hydrogen (secondary N) is 1. The summed E-state index contributed by atoms with van der Waals surface area (Å²) in [5, 5.41) is 8.52. The monoisotopic (exact) mass is 461 g/mol. The van der Waals surface area contributed by atoms with Crippen LogP contribution < -0.4 is 5.32 Å². The fourth-order valence-corrected chi connectivity index (χ4v) is 4.65.